The van der Waals surface area contributed by atoms with Crippen LogP contribution in [0.3, 0.4) is 0 Å². The van der Waals surface area contributed by atoms with Gasteiger partial charge in [0, 0.05) is 31.6 Å². The molecule has 1 unspecified atom stereocenters. The Kier molecular flexibility index (Phi) is 8.60. The molecule has 17 nitrogen and oxygen atoms in total. The van der Waals surface area contributed by atoms with Gasteiger partial charge in [-0.25, -0.2) is 9.36 Å². The Morgan fingerprint density at radius 2 is 1.63 bits per heavy atom. The van der Waals surface area contributed by atoms with Crippen LogP contribution in [0.5, 0.6) is 0 Å². The summed E-state index contributed by atoms with van der Waals surface area (Å²) < 4.78 is 41.6. The van der Waals surface area contributed by atoms with Crippen molar-refractivity contribution in [2.24, 2.45) is 0 Å². The third kappa shape index (κ3) is 5.80. The topological polar surface area (TPSA) is 237 Å². The Hall–Kier alpha value is -2.35. The molecule has 2 fully saturated rings. The van der Waals surface area contributed by atoms with Crippen molar-refractivity contribution in [2.75, 3.05) is 20.3 Å². The molecular weight excluding hydrogens is 555 g/mol. The van der Waals surface area contributed by atoms with Crippen LogP contribution in [0.15, 0.2) is 38.9 Å². The van der Waals surface area contributed by atoms with Crippen LogP contribution in [0.1, 0.15) is 12.5 Å². The Labute approximate surface area is 217 Å². The average molecular weight is 580 g/mol. The van der Waals surface area contributed by atoms with Gasteiger partial charge >= 0.3 is 13.5 Å². The number of hydrogen-bond acceptors (Lipinski definition) is 13. The lowest BCUT2D eigenvalue weighted by atomic mass is 10.1. The second-order valence-electron chi connectivity index (χ2n) is 8.36. The first-order valence-electron chi connectivity index (χ1n) is 11.0. The van der Waals surface area contributed by atoms with Crippen molar-refractivity contribution in [1.29, 1.82) is 0 Å². The minimum absolute atomic E-state index is 0.0348. The van der Waals surface area contributed by atoms with Crippen LogP contribution >= 0.6 is 20.0 Å². The number of hydrogen-bond donors (Lipinski definition) is 6. The number of nitrogens with zero attached hydrogens (tertiary/aromatic N) is 2. The van der Waals surface area contributed by atoms with E-state index in [1.807, 2.05) is 4.98 Å². The van der Waals surface area contributed by atoms with Gasteiger partial charge in [-0.05, 0) is 12.2 Å². The lowest BCUT2D eigenvalue weighted by Gasteiger charge is -2.25. The minimum atomic E-state index is -4.94. The van der Waals surface area contributed by atoms with Crippen LogP contribution in [0.4, 0.5) is 0 Å². The fraction of sp³-hybridized carbons (Fsp3) is 0.579. The number of aromatic nitrogens is 4. The SMILES string of the molecule is CO[C@@H]1[C@H](OP(=O)(O)OC[C@H]2O[C@@H](n3ccc(=O)[nH]c3=O)[C@H](O)[C@@H]2O)[C@@H](CO)O[C@H]1n1ccc(=O)[nH]c1=S. The molecule has 19 heteroatoms. The van der Waals surface area contributed by atoms with E-state index in [0.717, 1.165) is 16.8 Å². The van der Waals surface area contributed by atoms with E-state index in [-0.39, 0.29) is 4.77 Å². The lowest BCUT2D eigenvalue weighted by molar-refractivity contribution is -0.0616. The maximum Gasteiger partial charge on any atom is 0.472 e. The molecule has 0 spiro atoms. The summed E-state index contributed by atoms with van der Waals surface area (Å²) in [6.07, 6.45) is -8.40. The summed E-state index contributed by atoms with van der Waals surface area (Å²) in [5.41, 5.74) is -2.06. The number of aromatic amines is 2. The molecule has 2 aliphatic rings. The zero-order valence-corrected chi connectivity index (χ0v) is 21.3. The van der Waals surface area contributed by atoms with Crippen LogP contribution < -0.4 is 16.8 Å². The largest absolute Gasteiger partial charge is 0.472 e. The lowest BCUT2D eigenvalue weighted by Crippen LogP contribution is -2.38. The Morgan fingerprint density at radius 1 is 1.00 bits per heavy atom. The van der Waals surface area contributed by atoms with Gasteiger partial charge in [-0.1, -0.05) is 0 Å². The van der Waals surface area contributed by atoms with Crippen molar-refractivity contribution in [2.45, 2.75) is 49.1 Å². The smallest absolute Gasteiger partial charge is 0.394 e. The summed E-state index contributed by atoms with van der Waals surface area (Å²) >= 11 is 5.13. The quantitative estimate of drug-likeness (QED) is 0.133. The van der Waals surface area contributed by atoms with Crippen molar-refractivity contribution in [3.8, 4) is 0 Å². The molecular formula is C19H25N4O13PS. The van der Waals surface area contributed by atoms with E-state index < -0.39 is 86.9 Å². The number of ether oxygens (including phenoxy) is 3. The Bertz CT molecular complexity index is 1420. The van der Waals surface area contributed by atoms with Crippen LogP contribution in [0.25, 0.3) is 0 Å². The van der Waals surface area contributed by atoms with E-state index in [9.17, 15) is 39.2 Å². The van der Waals surface area contributed by atoms with E-state index in [1.54, 1.807) is 0 Å². The summed E-state index contributed by atoms with van der Waals surface area (Å²) in [6.45, 7) is -1.41. The zero-order chi connectivity index (χ0) is 27.8. The van der Waals surface area contributed by atoms with Crippen LogP contribution in [0, 0.1) is 4.77 Å². The maximum atomic E-state index is 12.8. The van der Waals surface area contributed by atoms with E-state index in [4.69, 9.17) is 35.5 Å². The summed E-state index contributed by atoms with van der Waals surface area (Å²) in [4.78, 5) is 49.5. The highest BCUT2D eigenvalue weighted by Crippen LogP contribution is 2.49. The average Bonchev–Trinajstić information content (AvgIpc) is 3.34. The van der Waals surface area contributed by atoms with Crippen molar-refractivity contribution in [3.05, 3.63) is 60.5 Å². The number of aliphatic hydroxyl groups is 3. The number of methoxy groups -OCH3 is 1. The van der Waals surface area contributed by atoms with Gasteiger partial charge in [-0.2, -0.15) is 0 Å². The van der Waals surface area contributed by atoms with Crippen LogP contribution in [-0.4, -0.2) is 96.3 Å². The molecule has 2 aliphatic heterocycles. The molecule has 0 aliphatic carbocycles. The summed E-state index contributed by atoms with van der Waals surface area (Å²) in [6, 6.07) is 2.17. The van der Waals surface area contributed by atoms with E-state index in [2.05, 4.69) is 4.98 Å². The van der Waals surface area contributed by atoms with Gasteiger partial charge in [-0.3, -0.25) is 37.7 Å². The fourth-order valence-corrected chi connectivity index (χ4v) is 5.39. The van der Waals surface area contributed by atoms with Crippen LogP contribution in [-0.2, 0) is 27.8 Å². The predicted molar refractivity (Wildman–Crippen MR) is 126 cm³/mol. The fourth-order valence-electron chi connectivity index (χ4n) is 4.16. The maximum absolute atomic E-state index is 12.8. The first-order valence-corrected chi connectivity index (χ1v) is 13.0. The van der Waals surface area contributed by atoms with Crippen molar-refractivity contribution in [3.63, 3.8) is 0 Å². The molecule has 2 saturated heterocycles. The monoisotopic (exact) mass is 580 g/mol. The molecule has 0 amide bonds. The van der Waals surface area contributed by atoms with Gasteiger partial charge in [0.15, 0.2) is 17.2 Å². The van der Waals surface area contributed by atoms with Gasteiger partial charge in [0.25, 0.3) is 11.1 Å². The number of rotatable bonds is 9. The molecule has 2 aromatic heterocycles. The second kappa shape index (κ2) is 11.4. The molecule has 0 radical (unpaired) electrons. The van der Waals surface area contributed by atoms with Gasteiger partial charge in [0.2, 0.25) is 0 Å². The summed E-state index contributed by atoms with van der Waals surface area (Å²) in [5.74, 6) is 0. The van der Waals surface area contributed by atoms with Crippen molar-refractivity contribution >= 4 is 20.0 Å². The summed E-state index contributed by atoms with van der Waals surface area (Å²) in [7, 11) is -3.68. The van der Waals surface area contributed by atoms with Gasteiger partial charge < -0.3 is 34.4 Å². The number of aliphatic hydroxyl groups excluding tert-OH is 3. The minimum Gasteiger partial charge on any atom is -0.394 e. The molecule has 0 saturated carbocycles. The molecule has 0 aromatic carbocycles. The molecule has 6 N–H and O–H groups in total. The van der Waals surface area contributed by atoms with Gasteiger partial charge in [0.1, 0.15) is 36.6 Å². The molecule has 210 valence electrons. The van der Waals surface area contributed by atoms with Crippen LogP contribution in [0.2, 0.25) is 0 Å². The van der Waals surface area contributed by atoms with Gasteiger partial charge in [-0.15, -0.1) is 0 Å². The van der Waals surface area contributed by atoms with E-state index in [1.165, 1.54) is 23.9 Å². The second-order valence-corrected chi connectivity index (χ2v) is 10.2. The highest BCUT2D eigenvalue weighted by atomic mass is 32.1. The molecule has 2 aromatic rings. The normalized spacial score (nSPS) is 32.9. The third-order valence-corrected chi connectivity index (χ3v) is 7.28. The molecule has 38 heavy (non-hydrogen) atoms. The number of H-pyrrole nitrogens is 2. The van der Waals surface area contributed by atoms with Crippen molar-refractivity contribution in [1.82, 2.24) is 19.1 Å². The first kappa shape index (κ1) is 28.7. The third-order valence-electron chi connectivity index (χ3n) is 5.98. The number of nitrogens with one attached hydrogen (secondary N) is 2. The van der Waals surface area contributed by atoms with E-state index in [0.29, 0.717) is 0 Å². The zero-order valence-electron chi connectivity index (χ0n) is 19.6. The Balaban J connectivity index is 1.46. The molecule has 0 bridgehead atoms. The summed E-state index contributed by atoms with van der Waals surface area (Å²) in [5, 5.41) is 30.4. The first-order chi connectivity index (χ1) is 18.0. The Morgan fingerprint density at radius 3 is 2.24 bits per heavy atom. The highest BCUT2D eigenvalue weighted by Gasteiger charge is 2.51. The van der Waals surface area contributed by atoms with Crippen molar-refractivity contribution < 1.29 is 48.0 Å². The highest BCUT2D eigenvalue weighted by molar-refractivity contribution is 7.71. The molecule has 9 atom stereocenters. The molecule has 4 rings (SSSR count). The standard InChI is InChI=1S/C19H25N4O13PS/c1-32-15-14(8(6-24)34-17(15)23-5-3-11(26)21-19(23)38)36-37(30,31)33-7-9-12(27)13(28)16(35-9)22-4-2-10(25)20-18(22)29/h2-5,8-9,12-17,24,27-28H,6-7H2,1H3,(H,30,31)(H,20,25,29)(H,21,26,38)/t8-,9-,12-,13-,14-,15-,16-,17-/m1/s1. The van der Waals surface area contributed by atoms with E-state index >= 15 is 0 Å². The predicted octanol–water partition coefficient (Wildman–Crippen LogP) is -2.52. The van der Waals surface area contributed by atoms with Gasteiger partial charge in [0.05, 0.1) is 13.2 Å². The number of phosphoric ester groups is 1. The molecule has 4 heterocycles. The number of phosphoric acid groups is 1.